The van der Waals surface area contributed by atoms with Crippen molar-refractivity contribution in [3.63, 3.8) is 0 Å². The van der Waals surface area contributed by atoms with E-state index in [2.05, 4.69) is 97.9 Å². The van der Waals surface area contributed by atoms with Crippen LogP contribution in [0, 0.1) is 0 Å². The molecule has 0 bridgehead atoms. The minimum Gasteiger partial charge on any atom is -0.114 e. The smallest absolute Gasteiger partial charge is 0.112 e. The number of unbranched alkanes of at least 4 members (excludes halogenated alkanes) is 9. The van der Waals surface area contributed by atoms with Gasteiger partial charge in [0.25, 0.3) is 0 Å². The molecule has 0 aliphatic rings. The van der Waals surface area contributed by atoms with Crippen molar-refractivity contribution in [3.8, 4) is 0 Å². The number of halogens is 1. The van der Waals surface area contributed by atoms with Crippen LogP contribution in [0.25, 0.3) is 0 Å². The summed E-state index contributed by atoms with van der Waals surface area (Å²) in [6, 6.07) is 33.9. The molecule has 0 atom stereocenters. The number of hydrogen-bond donors (Lipinski definition) is 0. The maximum atomic E-state index is 2.37. The molecule has 0 saturated heterocycles. The van der Waals surface area contributed by atoms with Crippen LogP contribution in [0.4, 0.5) is 0 Å². The molecule has 2 heteroatoms. The second-order valence-electron chi connectivity index (χ2n) is 8.72. The molecule has 172 valence electrons. The van der Waals surface area contributed by atoms with Crippen molar-refractivity contribution in [2.24, 2.45) is 0 Å². The van der Waals surface area contributed by atoms with E-state index in [1.807, 2.05) is 0 Å². The van der Waals surface area contributed by atoms with E-state index in [1.165, 1.54) is 86.3 Å². The summed E-state index contributed by atoms with van der Waals surface area (Å²) < 4.78 is 0. The molecule has 0 heterocycles. The summed E-state index contributed by atoms with van der Waals surface area (Å²) >= 11 is 0. The van der Waals surface area contributed by atoms with Gasteiger partial charge in [-0.05, 0) is 49.2 Å². The molecular formula is C30H41BrP+. The Labute approximate surface area is 208 Å². The first-order valence-electron chi connectivity index (χ1n) is 12.4. The fraction of sp³-hybridized carbons (Fsp3) is 0.400. The van der Waals surface area contributed by atoms with Crippen molar-refractivity contribution in [1.82, 2.24) is 0 Å². The molecule has 0 nitrogen and oxygen atoms in total. The highest BCUT2D eigenvalue weighted by Crippen LogP contribution is 2.55. The first kappa shape index (κ1) is 26.8. The molecule has 3 aromatic carbocycles. The molecule has 0 fully saturated rings. The van der Waals surface area contributed by atoms with Gasteiger partial charge < -0.3 is 0 Å². The largest absolute Gasteiger partial charge is 0.114 e. The molecule has 0 aliphatic carbocycles. The van der Waals surface area contributed by atoms with Crippen LogP contribution >= 0.6 is 24.2 Å². The van der Waals surface area contributed by atoms with Gasteiger partial charge in [-0.1, -0.05) is 113 Å². The fourth-order valence-corrected chi connectivity index (χ4v) is 9.13. The molecule has 0 saturated carbocycles. The predicted molar refractivity (Wildman–Crippen MR) is 152 cm³/mol. The maximum absolute atomic E-state index is 2.37. The van der Waals surface area contributed by atoms with Crippen LogP contribution < -0.4 is 15.9 Å². The predicted octanol–water partition coefficient (Wildman–Crippen LogP) is 8.48. The Morgan fingerprint density at radius 3 is 1.09 bits per heavy atom. The minimum atomic E-state index is -1.63. The molecule has 0 aromatic heterocycles. The molecular weight excluding hydrogens is 471 g/mol. The van der Waals surface area contributed by atoms with Gasteiger partial charge >= 0.3 is 0 Å². The molecule has 0 aliphatic heterocycles. The molecule has 32 heavy (non-hydrogen) atoms. The Morgan fingerprint density at radius 2 is 0.750 bits per heavy atom. The Hall–Kier alpha value is -1.43. The van der Waals surface area contributed by atoms with E-state index in [-0.39, 0.29) is 17.0 Å². The zero-order valence-corrected chi connectivity index (χ0v) is 22.4. The van der Waals surface area contributed by atoms with E-state index >= 15 is 0 Å². The third-order valence-electron chi connectivity index (χ3n) is 6.44. The second kappa shape index (κ2) is 15.4. The lowest BCUT2D eigenvalue weighted by Crippen LogP contribution is -2.33. The third-order valence-corrected chi connectivity index (χ3v) is 11.0. The van der Waals surface area contributed by atoms with Crippen LogP contribution in [0.3, 0.4) is 0 Å². The van der Waals surface area contributed by atoms with Gasteiger partial charge in [-0.25, -0.2) is 0 Å². The highest BCUT2D eigenvalue weighted by molar-refractivity contribution is 8.93. The SMILES string of the molecule is Br.CCCCCCCCCCCC[P+](c1ccccc1)(c1ccccc1)c1ccccc1. The number of rotatable bonds is 14. The quantitative estimate of drug-likeness (QED) is 0.150. The van der Waals surface area contributed by atoms with Gasteiger partial charge in [-0.2, -0.15) is 0 Å². The van der Waals surface area contributed by atoms with Crippen LogP contribution in [0.2, 0.25) is 0 Å². The van der Waals surface area contributed by atoms with Gasteiger partial charge in [0.15, 0.2) is 0 Å². The number of benzene rings is 3. The monoisotopic (exact) mass is 511 g/mol. The van der Waals surface area contributed by atoms with Gasteiger partial charge in [-0.3, -0.25) is 0 Å². The van der Waals surface area contributed by atoms with Crippen LogP contribution in [0.1, 0.15) is 71.1 Å². The van der Waals surface area contributed by atoms with Crippen molar-refractivity contribution in [1.29, 1.82) is 0 Å². The van der Waals surface area contributed by atoms with Crippen molar-refractivity contribution < 1.29 is 0 Å². The summed E-state index contributed by atoms with van der Waals surface area (Å²) in [6.45, 7) is 2.29. The highest BCUT2D eigenvalue weighted by Gasteiger charge is 2.44. The van der Waals surface area contributed by atoms with Gasteiger partial charge in [0, 0.05) is 0 Å². The standard InChI is InChI=1S/C30H40P.BrH/c1-2-3-4-5-6-7-8-9-10-20-27-31(28-21-14-11-15-22-28,29-23-16-12-17-24-29)30-25-18-13-19-26-30;/h11-19,21-26H,2-10,20,27H2,1H3;1H/q+1;. The van der Waals surface area contributed by atoms with Gasteiger partial charge in [-0.15, -0.1) is 17.0 Å². The Bertz CT molecular complexity index is 736. The zero-order valence-electron chi connectivity index (χ0n) is 19.8. The van der Waals surface area contributed by atoms with Gasteiger partial charge in [0.05, 0.1) is 6.16 Å². The Balaban J connectivity index is 0.00000363. The Morgan fingerprint density at radius 1 is 0.438 bits per heavy atom. The van der Waals surface area contributed by atoms with Crippen LogP contribution in [0.15, 0.2) is 91.0 Å². The molecule has 0 amide bonds. The van der Waals surface area contributed by atoms with Gasteiger partial charge in [0.2, 0.25) is 0 Å². The average Bonchev–Trinajstić information content (AvgIpc) is 2.84. The summed E-state index contributed by atoms with van der Waals surface area (Å²) in [4.78, 5) is 0. The third kappa shape index (κ3) is 7.57. The normalized spacial score (nSPS) is 11.2. The summed E-state index contributed by atoms with van der Waals surface area (Å²) in [7, 11) is -1.63. The highest BCUT2D eigenvalue weighted by atomic mass is 79.9. The molecule has 0 radical (unpaired) electrons. The molecule has 0 unspecified atom stereocenters. The van der Waals surface area contributed by atoms with E-state index < -0.39 is 7.26 Å². The first-order chi connectivity index (χ1) is 15.4. The van der Waals surface area contributed by atoms with Crippen LogP contribution in [-0.2, 0) is 0 Å². The van der Waals surface area contributed by atoms with E-state index in [0.717, 1.165) is 0 Å². The van der Waals surface area contributed by atoms with Crippen LogP contribution in [0.5, 0.6) is 0 Å². The van der Waals surface area contributed by atoms with Crippen LogP contribution in [-0.4, -0.2) is 6.16 Å². The lowest BCUT2D eigenvalue weighted by Gasteiger charge is -2.27. The second-order valence-corrected chi connectivity index (χ2v) is 12.3. The summed E-state index contributed by atoms with van der Waals surface area (Å²) in [5.41, 5.74) is 0. The number of hydrogen-bond acceptors (Lipinski definition) is 0. The molecule has 3 aromatic rings. The minimum absolute atomic E-state index is 0. The van der Waals surface area contributed by atoms with Crippen molar-refractivity contribution in [2.75, 3.05) is 6.16 Å². The van der Waals surface area contributed by atoms with E-state index in [9.17, 15) is 0 Å². The first-order valence-corrected chi connectivity index (χ1v) is 14.4. The van der Waals surface area contributed by atoms with Crippen molar-refractivity contribution >= 4 is 40.2 Å². The lowest BCUT2D eigenvalue weighted by molar-refractivity contribution is 0.563. The Kier molecular flexibility index (Phi) is 12.9. The van der Waals surface area contributed by atoms with Crippen molar-refractivity contribution in [3.05, 3.63) is 91.0 Å². The fourth-order valence-electron chi connectivity index (χ4n) is 4.72. The summed E-state index contributed by atoms with van der Waals surface area (Å²) in [5, 5.41) is 4.55. The average molecular weight is 513 g/mol. The maximum Gasteiger partial charge on any atom is 0.112 e. The molecule has 3 rings (SSSR count). The topological polar surface area (TPSA) is 0 Å². The molecule has 0 spiro atoms. The lowest BCUT2D eigenvalue weighted by atomic mass is 10.1. The van der Waals surface area contributed by atoms with Crippen molar-refractivity contribution in [2.45, 2.75) is 71.1 Å². The summed E-state index contributed by atoms with van der Waals surface area (Å²) in [5.74, 6) is 0. The van der Waals surface area contributed by atoms with E-state index in [0.29, 0.717) is 0 Å². The van der Waals surface area contributed by atoms with Gasteiger partial charge in [0.1, 0.15) is 23.2 Å². The van der Waals surface area contributed by atoms with E-state index in [4.69, 9.17) is 0 Å². The molecule has 0 N–H and O–H groups in total. The van der Waals surface area contributed by atoms with E-state index in [1.54, 1.807) is 0 Å². The summed E-state index contributed by atoms with van der Waals surface area (Å²) in [6.07, 6.45) is 15.2. The zero-order chi connectivity index (χ0) is 21.6.